The molecule has 0 aromatic heterocycles. The van der Waals surface area contributed by atoms with Crippen molar-refractivity contribution < 1.29 is 14.6 Å². The number of rotatable bonds is 2. The Bertz CT molecular complexity index is 494. The minimum atomic E-state index is -0.567. The first-order valence-electron chi connectivity index (χ1n) is 5.89. The summed E-state index contributed by atoms with van der Waals surface area (Å²) in [5.41, 5.74) is 0.863. The van der Waals surface area contributed by atoms with Gasteiger partial charge in [-0.1, -0.05) is 23.8 Å². The number of methoxy groups -OCH3 is 1. The molecule has 1 aromatic carbocycles. The third-order valence-electron chi connectivity index (χ3n) is 3.22. The van der Waals surface area contributed by atoms with Gasteiger partial charge in [-0.2, -0.15) is 0 Å². The average molecular weight is 267 g/mol. The van der Waals surface area contributed by atoms with E-state index >= 15 is 0 Å². The molecule has 1 atom stereocenters. The van der Waals surface area contributed by atoms with Crippen molar-refractivity contribution in [3.63, 3.8) is 0 Å². The normalized spacial score (nSPS) is 18.7. The van der Waals surface area contributed by atoms with Crippen molar-refractivity contribution in [3.8, 4) is 5.75 Å². The molecule has 18 heavy (non-hydrogen) atoms. The maximum absolute atomic E-state index is 11.6. The van der Waals surface area contributed by atoms with Gasteiger partial charge in [0, 0.05) is 5.02 Å². The van der Waals surface area contributed by atoms with E-state index in [1.807, 2.05) is 0 Å². The highest BCUT2D eigenvalue weighted by molar-refractivity contribution is 6.31. The van der Waals surface area contributed by atoms with Crippen LogP contribution in [0.25, 0.3) is 0 Å². The zero-order valence-electron chi connectivity index (χ0n) is 10.1. The van der Waals surface area contributed by atoms with Crippen LogP contribution >= 0.6 is 11.6 Å². The van der Waals surface area contributed by atoms with Crippen LogP contribution in [0.3, 0.4) is 0 Å². The first kappa shape index (κ1) is 13.0. The summed E-state index contributed by atoms with van der Waals surface area (Å²) in [5, 5.41) is 10.6. The summed E-state index contributed by atoms with van der Waals surface area (Å²) in [5.74, 6) is -0.369. The summed E-state index contributed by atoms with van der Waals surface area (Å²) < 4.78 is 4.64. The molecule has 0 aliphatic heterocycles. The molecule has 0 radical (unpaired) electrons. The number of aromatic hydroxyl groups is 1. The Morgan fingerprint density at radius 2 is 2.22 bits per heavy atom. The van der Waals surface area contributed by atoms with Gasteiger partial charge in [0.15, 0.2) is 0 Å². The lowest BCUT2D eigenvalue weighted by molar-refractivity contribution is 0.0597. The van der Waals surface area contributed by atoms with Crippen LogP contribution in [-0.4, -0.2) is 18.2 Å². The smallest absolute Gasteiger partial charge is 0.341 e. The van der Waals surface area contributed by atoms with E-state index in [1.165, 1.54) is 13.2 Å². The van der Waals surface area contributed by atoms with E-state index < -0.39 is 5.97 Å². The van der Waals surface area contributed by atoms with Crippen LogP contribution < -0.4 is 0 Å². The van der Waals surface area contributed by atoms with Crippen LogP contribution in [-0.2, 0) is 4.74 Å². The molecule has 0 amide bonds. The number of carbonyl (C=O) groups excluding carboxylic acids is 1. The summed E-state index contributed by atoms with van der Waals surface area (Å²) in [6, 6.07) is 3.16. The summed E-state index contributed by atoms with van der Waals surface area (Å²) in [4.78, 5) is 11.6. The van der Waals surface area contributed by atoms with E-state index in [0.29, 0.717) is 5.02 Å². The zero-order chi connectivity index (χ0) is 13.1. The quantitative estimate of drug-likeness (QED) is 0.656. The Morgan fingerprint density at radius 1 is 1.44 bits per heavy atom. The van der Waals surface area contributed by atoms with E-state index in [2.05, 4.69) is 16.9 Å². The number of carbonyl (C=O) groups is 1. The highest BCUT2D eigenvalue weighted by Gasteiger charge is 2.22. The molecule has 96 valence electrons. The number of allylic oxidation sites excluding steroid dienone is 2. The molecule has 3 nitrogen and oxygen atoms in total. The fourth-order valence-corrected chi connectivity index (χ4v) is 2.50. The van der Waals surface area contributed by atoms with Crippen molar-refractivity contribution >= 4 is 17.6 Å². The Balaban J connectivity index is 2.44. The lowest BCUT2D eigenvalue weighted by Crippen LogP contribution is -2.07. The summed E-state index contributed by atoms with van der Waals surface area (Å²) in [6.07, 6.45) is 7.00. The SMILES string of the molecule is COC(=O)c1cc(Cl)cc(C2CC=CCC2)c1O. The molecule has 1 unspecified atom stereocenters. The number of hydrogen-bond acceptors (Lipinski definition) is 3. The van der Waals surface area contributed by atoms with Crippen LogP contribution in [0.4, 0.5) is 0 Å². The first-order chi connectivity index (χ1) is 8.63. The molecule has 4 heteroatoms. The zero-order valence-corrected chi connectivity index (χ0v) is 10.9. The van der Waals surface area contributed by atoms with Crippen molar-refractivity contribution in [2.24, 2.45) is 0 Å². The van der Waals surface area contributed by atoms with Gasteiger partial charge in [-0.15, -0.1) is 0 Å². The Morgan fingerprint density at radius 3 is 2.83 bits per heavy atom. The Kier molecular flexibility index (Phi) is 3.92. The van der Waals surface area contributed by atoms with Crippen LogP contribution in [0.1, 0.15) is 41.1 Å². The Hall–Kier alpha value is -1.48. The minimum Gasteiger partial charge on any atom is -0.507 e. The predicted molar refractivity (Wildman–Crippen MR) is 70.2 cm³/mol. The second kappa shape index (κ2) is 5.44. The van der Waals surface area contributed by atoms with Crippen molar-refractivity contribution in [2.75, 3.05) is 7.11 Å². The van der Waals surface area contributed by atoms with Crippen LogP contribution in [0, 0.1) is 0 Å². The fraction of sp³-hybridized carbons (Fsp3) is 0.357. The van der Waals surface area contributed by atoms with E-state index in [0.717, 1.165) is 24.8 Å². The number of esters is 1. The molecule has 0 saturated carbocycles. The number of phenols is 1. The minimum absolute atomic E-state index is 0.00782. The molecule has 0 fully saturated rings. The first-order valence-corrected chi connectivity index (χ1v) is 6.27. The Labute approximate surface area is 111 Å². The molecule has 0 bridgehead atoms. The van der Waals surface area contributed by atoms with Crippen LogP contribution in [0.2, 0.25) is 5.02 Å². The molecule has 0 heterocycles. The molecule has 1 N–H and O–H groups in total. The molecule has 1 aliphatic carbocycles. The number of hydrogen-bond donors (Lipinski definition) is 1. The maximum Gasteiger partial charge on any atom is 0.341 e. The second-order valence-corrected chi connectivity index (χ2v) is 4.80. The lowest BCUT2D eigenvalue weighted by Gasteiger charge is -2.20. The number of ether oxygens (including phenoxy) is 1. The highest BCUT2D eigenvalue weighted by Crippen LogP contribution is 2.38. The van der Waals surface area contributed by atoms with Crippen LogP contribution in [0.5, 0.6) is 5.75 Å². The van der Waals surface area contributed by atoms with Gasteiger partial charge in [-0.3, -0.25) is 0 Å². The topological polar surface area (TPSA) is 46.5 Å². The monoisotopic (exact) mass is 266 g/mol. The lowest BCUT2D eigenvalue weighted by atomic mass is 9.86. The summed E-state index contributed by atoms with van der Waals surface area (Å²) in [6.45, 7) is 0. The van der Waals surface area contributed by atoms with Crippen LogP contribution in [0.15, 0.2) is 24.3 Å². The van der Waals surface area contributed by atoms with E-state index in [9.17, 15) is 9.90 Å². The molecular formula is C14H15ClO3. The summed E-state index contributed by atoms with van der Waals surface area (Å²) >= 11 is 6.01. The van der Waals surface area contributed by atoms with Gasteiger partial charge in [0.05, 0.1) is 7.11 Å². The molecule has 1 aliphatic rings. The number of halogens is 1. The van der Waals surface area contributed by atoms with E-state index in [4.69, 9.17) is 11.6 Å². The highest BCUT2D eigenvalue weighted by atomic mass is 35.5. The second-order valence-electron chi connectivity index (χ2n) is 4.36. The van der Waals surface area contributed by atoms with Crippen molar-refractivity contribution in [2.45, 2.75) is 25.2 Å². The third-order valence-corrected chi connectivity index (χ3v) is 3.44. The van der Waals surface area contributed by atoms with Crippen molar-refractivity contribution in [3.05, 3.63) is 40.4 Å². The van der Waals surface area contributed by atoms with Crippen molar-refractivity contribution in [1.82, 2.24) is 0 Å². The van der Waals surface area contributed by atoms with Gasteiger partial charge < -0.3 is 9.84 Å². The van der Waals surface area contributed by atoms with Gasteiger partial charge >= 0.3 is 5.97 Å². The van der Waals surface area contributed by atoms with Gasteiger partial charge in [0.1, 0.15) is 11.3 Å². The number of benzene rings is 1. The summed E-state index contributed by atoms with van der Waals surface area (Å²) in [7, 11) is 1.28. The molecular weight excluding hydrogens is 252 g/mol. The van der Waals surface area contributed by atoms with Gasteiger partial charge in [0.25, 0.3) is 0 Å². The van der Waals surface area contributed by atoms with E-state index in [1.54, 1.807) is 6.07 Å². The average Bonchev–Trinajstić information content (AvgIpc) is 2.41. The number of phenolic OH excluding ortho intramolecular Hbond substituents is 1. The fourth-order valence-electron chi connectivity index (χ4n) is 2.27. The largest absolute Gasteiger partial charge is 0.507 e. The predicted octanol–water partition coefficient (Wildman–Crippen LogP) is 3.66. The molecule has 2 rings (SSSR count). The van der Waals surface area contributed by atoms with Gasteiger partial charge in [-0.05, 0) is 42.9 Å². The standard InChI is InChI=1S/C14H15ClO3/c1-18-14(17)12-8-10(15)7-11(13(12)16)9-5-3-2-4-6-9/h2-3,7-9,16H,4-6H2,1H3. The third kappa shape index (κ3) is 2.51. The maximum atomic E-state index is 11.6. The molecule has 0 saturated heterocycles. The van der Waals surface area contributed by atoms with Gasteiger partial charge in [-0.25, -0.2) is 4.79 Å². The van der Waals surface area contributed by atoms with E-state index in [-0.39, 0.29) is 17.2 Å². The van der Waals surface area contributed by atoms with Gasteiger partial charge in [0.2, 0.25) is 0 Å². The molecule has 1 aromatic rings. The van der Waals surface area contributed by atoms with Crippen molar-refractivity contribution in [1.29, 1.82) is 0 Å². The molecule has 0 spiro atoms.